The number of nitrogens with zero attached hydrogens (tertiary/aromatic N) is 2. The Kier molecular flexibility index (Phi) is 5.96. The molecule has 0 spiro atoms. The summed E-state index contributed by atoms with van der Waals surface area (Å²) in [5.41, 5.74) is 0. The van der Waals surface area contributed by atoms with Crippen molar-refractivity contribution in [2.45, 2.75) is 43.5 Å². The maximum absolute atomic E-state index is 12.7. The van der Waals surface area contributed by atoms with Gasteiger partial charge in [-0.25, -0.2) is 8.42 Å². The van der Waals surface area contributed by atoms with E-state index in [0.29, 0.717) is 43.0 Å². The van der Waals surface area contributed by atoms with Crippen LogP contribution in [-0.2, 0) is 10.0 Å². The first-order chi connectivity index (χ1) is 12.0. The van der Waals surface area contributed by atoms with Crippen molar-refractivity contribution in [1.29, 1.82) is 0 Å². The third kappa shape index (κ3) is 4.33. The largest absolute Gasteiger partial charge is 0.360 e. The van der Waals surface area contributed by atoms with Crippen LogP contribution in [-0.4, -0.2) is 55.0 Å². The van der Waals surface area contributed by atoms with Crippen molar-refractivity contribution in [3.8, 4) is 0 Å². The minimum atomic E-state index is -3.40. The maximum Gasteiger partial charge on any atom is 0.243 e. The zero-order valence-corrected chi connectivity index (χ0v) is 16.4. The van der Waals surface area contributed by atoms with Crippen molar-refractivity contribution >= 4 is 27.4 Å². The smallest absolute Gasteiger partial charge is 0.243 e. The van der Waals surface area contributed by atoms with Gasteiger partial charge in [0.1, 0.15) is 0 Å². The Hall–Kier alpha value is -1.18. The number of hydrogen-bond donors (Lipinski definition) is 1. The van der Waals surface area contributed by atoms with Crippen LogP contribution in [0.3, 0.4) is 0 Å². The van der Waals surface area contributed by atoms with E-state index in [4.69, 9.17) is 12.2 Å². The predicted molar refractivity (Wildman–Crippen MR) is 104 cm³/mol. The van der Waals surface area contributed by atoms with Gasteiger partial charge >= 0.3 is 0 Å². The van der Waals surface area contributed by atoms with Gasteiger partial charge in [-0.15, -0.1) is 0 Å². The molecule has 1 N–H and O–H groups in total. The summed E-state index contributed by atoms with van der Waals surface area (Å²) in [6, 6.07) is 9.10. The highest BCUT2D eigenvalue weighted by atomic mass is 32.2. The lowest BCUT2D eigenvalue weighted by Gasteiger charge is -2.38. The summed E-state index contributed by atoms with van der Waals surface area (Å²) in [6.45, 7) is 4.50. The summed E-state index contributed by atoms with van der Waals surface area (Å²) in [6.07, 6.45) is 4.99. The zero-order valence-electron chi connectivity index (χ0n) is 14.7. The fourth-order valence-electron chi connectivity index (χ4n) is 3.65. The Bertz CT molecular complexity index is 686. The van der Waals surface area contributed by atoms with Crippen LogP contribution in [0.1, 0.15) is 32.6 Å². The van der Waals surface area contributed by atoms with Crippen LogP contribution in [0.15, 0.2) is 35.2 Å². The molecule has 1 aliphatic heterocycles. The predicted octanol–water partition coefficient (Wildman–Crippen LogP) is 2.45. The molecule has 0 bridgehead atoms. The fraction of sp³-hybridized carbons (Fsp3) is 0.611. The topological polar surface area (TPSA) is 52.6 Å². The third-order valence-corrected chi connectivity index (χ3v) is 7.62. The number of benzene rings is 1. The first-order valence-corrected chi connectivity index (χ1v) is 10.9. The van der Waals surface area contributed by atoms with Gasteiger partial charge in [-0.3, -0.25) is 0 Å². The monoisotopic (exact) mass is 381 g/mol. The molecule has 2 atom stereocenters. The number of rotatable bonds is 3. The van der Waals surface area contributed by atoms with E-state index in [1.54, 1.807) is 28.6 Å². The molecule has 2 fully saturated rings. The molecule has 2 aliphatic rings. The van der Waals surface area contributed by atoms with Gasteiger partial charge in [0.15, 0.2) is 5.11 Å². The van der Waals surface area contributed by atoms with Gasteiger partial charge in [0.2, 0.25) is 10.0 Å². The standard InChI is InChI=1S/C18H27N3O2S2/c1-15-7-5-6-10-17(15)19-18(24)20-11-13-21(14-12-20)25(22,23)16-8-3-2-4-9-16/h2-4,8-9,15,17H,5-7,10-14H2,1H3,(H,19,24)/t15-,17+/m1/s1. The summed E-state index contributed by atoms with van der Waals surface area (Å²) in [4.78, 5) is 2.47. The summed E-state index contributed by atoms with van der Waals surface area (Å²) >= 11 is 5.58. The van der Waals surface area contributed by atoms with Gasteiger partial charge in [0.25, 0.3) is 0 Å². The van der Waals surface area contributed by atoms with Crippen molar-refractivity contribution in [3.05, 3.63) is 30.3 Å². The molecule has 25 heavy (non-hydrogen) atoms. The minimum Gasteiger partial charge on any atom is -0.360 e. The van der Waals surface area contributed by atoms with E-state index in [1.807, 2.05) is 6.07 Å². The highest BCUT2D eigenvalue weighted by molar-refractivity contribution is 7.89. The summed E-state index contributed by atoms with van der Waals surface area (Å²) < 4.78 is 26.9. The Morgan fingerprint density at radius 2 is 1.72 bits per heavy atom. The van der Waals surface area contributed by atoms with Crippen LogP contribution in [0.25, 0.3) is 0 Å². The minimum absolute atomic E-state index is 0.361. The molecule has 1 aromatic carbocycles. The second kappa shape index (κ2) is 8.01. The Balaban J connectivity index is 1.55. The Morgan fingerprint density at radius 3 is 2.36 bits per heavy atom. The molecule has 0 aromatic heterocycles. The van der Waals surface area contributed by atoms with Crippen molar-refractivity contribution in [2.24, 2.45) is 5.92 Å². The van der Waals surface area contributed by atoms with E-state index < -0.39 is 10.0 Å². The second-order valence-corrected chi connectivity index (χ2v) is 9.35. The van der Waals surface area contributed by atoms with Gasteiger partial charge in [-0.2, -0.15) is 4.31 Å². The number of nitrogens with one attached hydrogen (secondary N) is 1. The molecule has 5 nitrogen and oxygen atoms in total. The van der Waals surface area contributed by atoms with Gasteiger partial charge in [0.05, 0.1) is 4.90 Å². The van der Waals surface area contributed by atoms with Crippen molar-refractivity contribution in [2.75, 3.05) is 26.2 Å². The lowest BCUT2D eigenvalue weighted by Crippen LogP contribution is -2.55. The molecule has 0 unspecified atom stereocenters. The van der Waals surface area contributed by atoms with Crippen LogP contribution in [0.5, 0.6) is 0 Å². The SMILES string of the molecule is C[C@@H]1CCCC[C@@H]1NC(=S)N1CCN(S(=O)(=O)c2ccccc2)CC1. The van der Waals surface area contributed by atoms with Crippen LogP contribution >= 0.6 is 12.2 Å². The van der Waals surface area contributed by atoms with E-state index in [9.17, 15) is 8.42 Å². The van der Waals surface area contributed by atoms with Crippen LogP contribution in [0, 0.1) is 5.92 Å². The number of sulfonamides is 1. The van der Waals surface area contributed by atoms with Gasteiger partial charge in [-0.1, -0.05) is 38.0 Å². The maximum atomic E-state index is 12.7. The molecule has 1 saturated carbocycles. The Labute approximate surface area is 156 Å². The molecule has 1 aromatic rings. The van der Waals surface area contributed by atoms with E-state index >= 15 is 0 Å². The third-order valence-electron chi connectivity index (χ3n) is 5.33. The van der Waals surface area contributed by atoms with Crippen molar-refractivity contribution in [3.63, 3.8) is 0 Å². The lowest BCUT2D eigenvalue weighted by molar-refractivity contribution is 0.251. The fourth-order valence-corrected chi connectivity index (χ4v) is 5.43. The van der Waals surface area contributed by atoms with Crippen LogP contribution in [0.2, 0.25) is 0 Å². The second-order valence-electron chi connectivity index (χ2n) is 7.02. The summed E-state index contributed by atoms with van der Waals surface area (Å²) in [7, 11) is -3.40. The average Bonchev–Trinajstić information content (AvgIpc) is 2.64. The Morgan fingerprint density at radius 1 is 1.08 bits per heavy atom. The number of hydrogen-bond acceptors (Lipinski definition) is 3. The molecule has 138 valence electrons. The van der Waals surface area contributed by atoms with E-state index in [1.165, 1.54) is 25.7 Å². The summed E-state index contributed by atoms with van der Waals surface area (Å²) in [5.74, 6) is 0.645. The molecule has 0 radical (unpaired) electrons. The molecular weight excluding hydrogens is 354 g/mol. The normalized spacial score (nSPS) is 25.6. The van der Waals surface area contributed by atoms with E-state index in [-0.39, 0.29) is 0 Å². The van der Waals surface area contributed by atoms with Crippen molar-refractivity contribution < 1.29 is 8.42 Å². The van der Waals surface area contributed by atoms with Crippen LogP contribution < -0.4 is 5.32 Å². The van der Waals surface area contributed by atoms with Crippen LogP contribution in [0.4, 0.5) is 0 Å². The summed E-state index contributed by atoms with van der Waals surface area (Å²) in [5, 5.41) is 4.29. The van der Waals surface area contributed by atoms with E-state index in [0.717, 1.165) is 5.11 Å². The molecule has 7 heteroatoms. The molecule has 1 saturated heterocycles. The van der Waals surface area contributed by atoms with Crippen molar-refractivity contribution in [1.82, 2.24) is 14.5 Å². The average molecular weight is 382 g/mol. The molecular formula is C18H27N3O2S2. The highest BCUT2D eigenvalue weighted by Crippen LogP contribution is 2.24. The zero-order chi connectivity index (χ0) is 17.9. The molecule has 0 amide bonds. The molecule has 3 rings (SSSR count). The number of piperazine rings is 1. The van der Waals surface area contributed by atoms with E-state index in [2.05, 4.69) is 17.1 Å². The quantitative estimate of drug-likeness (QED) is 0.815. The lowest BCUT2D eigenvalue weighted by atomic mass is 9.86. The first kappa shape index (κ1) is 18.6. The van der Waals surface area contributed by atoms with Gasteiger partial charge < -0.3 is 10.2 Å². The number of thiocarbonyl (C=S) groups is 1. The molecule has 1 heterocycles. The van der Waals surface area contributed by atoms with Gasteiger partial charge in [0, 0.05) is 32.2 Å². The highest BCUT2D eigenvalue weighted by Gasteiger charge is 2.30. The first-order valence-electron chi connectivity index (χ1n) is 9.09. The molecule has 1 aliphatic carbocycles. The van der Waals surface area contributed by atoms with Gasteiger partial charge in [-0.05, 0) is 43.1 Å².